The van der Waals surface area contributed by atoms with Gasteiger partial charge >= 0.3 is 5.97 Å². The van der Waals surface area contributed by atoms with E-state index >= 15 is 0 Å². The summed E-state index contributed by atoms with van der Waals surface area (Å²) in [6, 6.07) is 11.3. The van der Waals surface area contributed by atoms with Gasteiger partial charge in [-0.2, -0.15) is 5.10 Å². The fourth-order valence-electron chi connectivity index (χ4n) is 4.22. The lowest BCUT2D eigenvalue weighted by molar-refractivity contribution is 0.0463. The maximum absolute atomic E-state index is 12.7. The van der Waals surface area contributed by atoms with Gasteiger partial charge in [0, 0.05) is 24.5 Å². The molecule has 28 heavy (non-hydrogen) atoms. The number of carbonyl (C=O) groups excluding carboxylic acids is 1. The Balaban J connectivity index is 1.51. The molecule has 6 nitrogen and oxygen atoms in total. The van der Waals surface area contributed by atoms with Crippen LogP contribution in [0.2, 0.25) is 0 Å². The zero-order chi connectivity index (χ0) is 19.1. The van der Waals surface area contributed by atoms with Gasteiger partial charge in [0.25, 0.3) is 5.56 Å². The van der Waals surface area contributed by atoms with E-state index in [-0.39, 0.29) is 18.1 Å². The van der Waals surface area contributed by atoms with Crippen molar-refractivity contribution in [2.75, 3.05) is 18.0 Å². The number of piperidine rings is 1. The predicted octanol–water partition coefficient (Wildman–Crippen LogP) is 3.11. The SMILES string of the molecule is O=C1OCc2ccc(Cn3ncc(N4CCCCC4)cc3=O)c3cccc1c23. The molecule has 6 heteroatoms. The van der Waals surface area contributed by atoms with Gasteiger partial charge in [-0.15, -0.1) is 0 Å². The fourth-order valence-corrected chi connectivity index (χ4v) is 4.22. The number of hydrogen-bond acceptors (Lipinski definition) is 5. The van der Waals surface area contributed by atoms with Crippen LogP contribution >= 0.6 is 0 Å². The number of nitrogens with zero attached hydrogens (tertiary/aromatic N) is 3. The van der Waals surface area contributed by atoms with Gasteiger partial charge in [0.1, 0.15) is 6.61 Å². The molecule has 2 aliphatic heterocycles. The second-order valence-electron chi connectivity index (χ2n) is 7.45. The molecule has 5 rings (SSSR count). The number of ether oxygens (including phenoxy) is 1. The quantitative estimate of drug-likeness (QED) is 0.658. The van der Waals surface area contributed by atoms with Crippen molar-refractivity contribution < 1.29 is 9.53 Å². The van der Waals surface area contributed by atoms with E-state index < -0.39 is 0 Å². The summed E-state index contributed by atoms with van der Waals surface area (Å²) in [4.78, 5) is 27.0. The molecule has 2 aliphatic rings. The van der Waals surface area contributed by atoms with Gasteiger partial charge in [-0.05, 0) is 41.8 Å². The Hall–Kier alpha value is -3.15. The van der Waals surface area contributed by atoms with Crippen LogP contribution in [0.3, 0.4) is 0 Å². The van der Waals surface area contributed by atoms with Crippen molar-refractivity contribution >= 4 is 22.4 Å². The number of esters is 1. The first-order valence-corrected chi connectivity index (χ1v) is 9.73. The van der Waals surface area contributed by atoms with E-state index in [0.717, 1.165) is 53.5 Å². The van der Waals surface area contributed by atoms with Gasteiger partial charge in [0.15, 0.2) is 0 Å². The summed E-state index contributed by atoms with van der Waals surface area (Å²) in [5.41, 5.74) is 3.34. The van der Waals surface area contributed by atoms with Crippen molar-refractivity contribution in [1.29, 1.82) is 0 Å². The molecule has 0 aliphatic carbocycles. The summed E-state index contributed by atoms with van der Waals surface area (Å²) in [5.74, 6) is -0.295. The smallest absolute Gasteiger partial charge is 0.339 e. The Morgan fingerprint density at radius 1 is 1.04 bits per heavy atom. The van der Waals surface area contributed by atoms with Crippen LogP contribution in [0.15, 0.2) is 47.4 Å². The average Bonchev–Trinajstić information content (AvgIpc) is 2.74. The number of carbonyl (C=O) groups is 1. The van der Waals surface area contributed by atoms with Crippen LogP contribution < -0.4 is 10.5 Å². The Kier molecular flexibility index (Phi) is 4.11. The highest BCUT2D eigenvalue weighted by molar-refractivity contribution is 6.08. The second kappa shape index (κ2) is 6.78. The first kappa shape index (κ1) is 17.0. The summed E-state index contributed by atoms with van der Waals surface area (Å²) in [7, 11) is 0. The minimum absolute atomic E-state index is 0.108. The number of hydrogen-bond donors (Lipinski definition) is 0. The van der Waals surface area contributed by atoms with Crippen LogP contribution in [0, 0.1) is 0 Å². The third kappa shape index (κ3) is 2.85. The highest BCUT2D eigenvalue weighted by Crippen LogP contribution is 2.31. The largest absolute Gasteiger partial charge is 0.457 e. The number of benzene rings is 2. The van der Waals surface area contributed by atoms with E-state index in [1.54, 1.807) is 18.3 Å². The molecule has 0 unspecified atom stereocenters. The van der Waals surface area contributed by atoms with Crippen LogP contribution in [0.5, 0.6) is 0 Å². The highest BCUT2D eigenvalue weighted by atomic mass is 16.5. The summed E-state index contributed by atoms with van der Waals surface area (Å²) in [6.45, 7) is 2.62. The number of aromatic nitrogens is 2. The molecule has 1 aromatic heterocycles. The first-order valence-electron chi connectivity index (χ1n) is 9.73. The lowest BCUT2D eigenvalue weighted by Gasteiger charge is -2.28. The normalized spacial score (nSPS) is 16.3. The molecule has 142 valence electrons. The van der Waals surface area contributed by atoms with Crippen molar-refractivity contribution in [2.24, 2.45) is 0 Å². The van der Waals surface area contributed by atoms with Crippen LogP contribution in [0.25, 0.3) is 10.8 Å². The summed E-state index contributed by atoms with van der Waals surface area (Å²) in [6.07, 6.45) is 5.35. The predicted molar refractivity (Wildman–Crippen MR) is 107 cm³/mol. The molecular weight excluding hydrogens is 354 g/mol. The number of anilines is 1. The van der Waals surface area contributed by atoms with Crippen molar-refractivity contribution in [1.82, 2.24) is 9.78 Å². The molecular formula is C22H21N3O3. The zero-order valence-electron chi connectivity index (χ0n) is 15.6. The number of rotatable bonds is 3. The molecule has 0 saturated carbocycles. The molecule has 0 N–H and O–H groups in total. The van der Waals surface area contributed by atoms with E-state index in [1.165, 1.54) is 11.1 Å². The van der Waals surface area contributed by atoms with Crippen molar-refractivity contribution in [3.8, 4) is 0 Å². The van der Waals surface area contributed by atoms with Crippen LogP contribution in [-0.4, -0.2) is 28.8 Å². The van der Waals surface area contributed by atoms with Crippen molar-refractivity contribution in [3.63, 3.8) is 0 Å². The summed E-state index contributed by atoms with van der Waals surface area (Å²) >= 11 is 0. The Bertz CT molecular complexity index is 1130. The van der Waals surface area contributed by atoms with Crippen molar-refractivity contribution in [2.45, 2.75) is 32.4 Å². The first-order chi connectivity index (χ1) is 13.7. The molecule has 3 heterocycles. The Labute approximate surface area is 162 Å². The van der Waals surface area contributed by atoms with E-state index in [2.05, 4.69) is 10.00 Å². The molecule has 0 amide bonds. The minimum atomic E-state index is -0.295. The molecule has 2 aromatic carbocycles. The molecule has 1 saturated heterocycles. The third-order valence-electron chi connectivity index (χ3n) is 5.69. The Morgan fingerprint density at radius 3 is 2.71 bits per heavy atom. The second-order valence-corrected chi connectivity index (χ2v) is 7.45. The van der Waals surface area contributed by atoms with Gasteiger partial charge in [0.05, 0.1) is 24.0 Å². The third-order valence-corrected chi connectivity index (χ3v) is 5.69. The molecule has 3 aromatic rings. The van der Waals surface area contributed by atoms with E-state index in [0.29, 0.717) is 12.1 Å². The Morgan fingerprint density at radius 2 is 1.89 bits per heavy atom. The van der Waals surface area contributed by atoms with Gasteiger partial charge < -0.3 is 9.64 Å². The molecule has 0 spiro atoms. The average molecular weight is 375 g/mol. The summed E-state index contributed by atoms with van der Waals surface area (Å²) < 4.78 is 6.72. The zero-order valence-corrected chi connectivity index (χ0v) is 15.6. The number of cyclic esters (lactones) is 1. The summed E-state index contributed by atoms with van der Waals surface area (Å²) in [5, 5.41) is 6.32. The maximum atomic E-state index is 12.7. The molecule has 0 radical (unpaired) electrons. The highest BCUT2D eigenvalue weighted by Gasteiger charge is 2.21. The van der Waals surface area contributed by atoms with Gasteiger partial charge in [0.2, 0.25) is 0 Å². The maximum Gasteiger partial charge on any atom is 0.339 e. The standard InChI is InChI=1S/C22H21N3O3/c26-20-11-17(24-9-2-1-3-10-24)12-23-25(20)13-15-7-8-16-14-28-22(27)19-6-4-5-18(15)21(16)19/h4-8,11-12H,1-3,9-10,13-14H2. The molecule has 0 atom stereocenters. The monoisotopic (exact) mass is 375 g/mol. The van der Waals surface area contributed by atoms with Gasteiger partial charge in [-0.25, -0.2) is 9.48 Å². The van der Waals surface area contributed by atoms with Gasteiger partial charge in [-0.3, -0.25) is 4.79 Å². The van der Waals surface area contributed by atoms with Crippen molar-refractivity contribution in [3.05, 3.63) is 69.6 Å². The van der Waals surface area contributed by atoms with Crippen LogP contribution in [-0.2, 0) is 17.9 Å². The van der Waals surface area contributed by atoms with E-state index in [4.69, 9.17) is 4.74 Å². The fraction of sp³-hybridized carbons (Fsp3) is 0.318. The minimum Gasteiger partial charge on any atom is -0.457 e. The molecule has 0 bridgehead atoms. The van der Waals surface area contributed by atoms with Crippen LogP contribution in [0.1, 0.15) is 40.7 Å². The molecule has 1 fully saturated rings. The lowest BCUT2D eigenvalue weighted by Crippen LogP contribution is -2.32. The van der Waals surface area contributed by atoms with Crippen LogP contribution in [0.4, 0.5) is 5.69 Å². The topological polar surface area (TPSA) is 64.4 Å². The van der Waals surface area contributed by atoms with Gasteiger partial charge in [-0.1, -0.05) is 24.3 Å². The lowest BCUT2D eigenvalue weighted by atomic mass is 9.94. The van der Waals surface area contributed by atoms with E-state index in [9.17, 15) is 9.59 Å². The van der Waals surface area contributed by atoms with E-state index in [1.807, 2.05) is 24.3 Å².